The molecule has 4 N–H and O–H groups in total. The Morgan fingerprint density at radius 2 is 1.85 bits per heavy atom. The van der Waals surface area contributed by atoms with Gasteiger partial charge in [0.25, 0.3) is 0 Å². The minimum absolute atomic E-state index is 0.0561. The van der Waals surface area contributed by atoms with Gasteiger partial charge in [0, 0.05) is 48.7 Å². The van der Waals surface area contributed by atoms with E-state index in [-0.39, 0.29) is 11.3 Å². The molecule has 1 heterocycles. The summed E-state index contributed by atoms with van der Waals surface area (Å²) in [5.74, 6) is 0.831. The fourth-order valence-electron chi connectivity index (χ4n) is 2.59. The average Bonchev–Trinajstić information content (AvgIpc) is 3.01. The molecule has 26 heavy (non-hydrogen) atoms. The van der Waals surface area contributed by atoms with Gasteiger partial charge < -0.3 is 20.9 Å². The second-order valence-corrected chi connectivity index (χ2v) is 7.30. The first-order chi connectivity index (χ1) is 12.4. The lowest BCUT2D eigenvalue weighted by molar-refractivity contribution is -0.128. The maximum atomic E-state index is 11.9. The van der Waals surface area contributed by atoms with Crippen molar-refractivity contribution in [1.29, 1.82) is 0 Å². The molecule has 0 aliphatic rings. The zero-order valence-corrected chi connectivity index (χ0v) is 16.3. The van der Waals surface area contributed by atoms with Crippen LogP contribution in [-0.4, -0.2) is 43.0 Å². The number of H-pyrrole nitrogens is 1. The van der Waals surface area contributed by atoms with Crippen LogP contribution in [0.15, 0.2) is 35.5 Å². The SMILES string of the molecule is CCNC(=NCCc1c[nH]c2ccccc12)NCCNC(=O)C(C)(C)C. The second-order valence-electron chi connectivity index (χ2n) is 7.30. The molecule has 0 bridgehead atoms. The van der Waals surface area contributed by atoms with E-state index < -0.39 is 0 Å². The summed E-state index contributed by atoms with van der Waals surface area (Å²) in [5.41, 5.74) is 2.07. The molecule has 1 aromatic carbocycles. The highest BCUT2D eigenvalue weighted by atomic mass is 16.2. The summed E-state index contributed by atoms with van der Waals surface area (Å²) in [6, 6.07) is 8.30. The van der Waals surface area contributed by atoms with E-state index in [9.17, 15) is 4.79 Å². The van der Waals surface area contributed by atoms with Crippen molar-refractivity contribution in [2.75, 3.05) is 26.2 Å². The van der Waals surface area contributed by atoms with E-state index in [1.54, 1.807) is 0 Å². The minimum atomic E-state index is -0.363. The fraction of sp³-hybridized carbons (Fsp3) is 0.500. The third-order valence-electron chi connectivity index (χ3n) is 4.05. The van der Waals surface area contributed by atoms with Crippen molar-refractivity contribution >= 4 is 22.8 Å². The van der Waals surface area contributed by atoms with Crippen LogP contribution in [0.2, 0.25) is 0 Å². The smallest absolute Gasteiger partial charge is 0.225 e. The summed E-state index contributed by atoms with van der Waals surface area (Å²) in [4.78, 5) is 19.8. The molecule has 0 spiro atoms. The first-order valence-corrected chi connectivity index (χ1v) is 9.27. The number of amides is 1. The standard InChI is InChI=1S/C20H31N5O/c1-5-21-19(24-13-12-22-18(26)20(2,3)4)23-11-10-15-14-25-17-9-7-6-8-16(15)17/h6-9,14,25H,5,10-13H2,1-4H3,(H,22,26)(H2,21,23,24). The number of benzene rings is 1. The number of para-hydroxylation sites is 1. The average molecular weight is 358 g/mol. The Bertz CT molecular complexity index is 742. The van der Waals surface area contributed by atoms with Crippen LogP contribution in [0.3, 0.4) is 0 Å². The number of hydrogen-bond donors (Lipinski definition) is 4. The molecule has 6 nitrogen and oxygen atoms in total. The number of aromatic nitrogens is 1. The lowest BCUT2D eigenvalue weighted by Gasteiger charge is -2.18. The Hall–Kier alpha value is -2.50. The van der Waals surface area contributed by atoms with Gasteiger partial charge in [-0.05, 0) is 25.0 Å². The normalized spacial score (nSPS) is 12.2. The molecule has 0 aliphatic heterocycles. The number of carbonyl (C=O) groups excluding carboxylic acids is 1. The van der Waals surface area contributed by atoms with Gasteiger partial charge in [-0.25, -0.2) is 0 Å². The Morgan fingerprint density at radius 3 is 2.58 bits per heavy atom. The van der Waals surface area contributed by atoms with Crippen molar-refractivity contribution < 1.29 is 4.79 Å². The predicted molar refractivity (Wildman–Crippen MR) is 108 cm³/mol. The zero-order chi connectivity index (χ0) is 19.0. The van der Waals surface area contributed by atoms with Gasteiger partial charge in [0.05, 0.1) is 0 Å². The second kappa shape index (κ2) is 9.27. The van der Waals surface area contributed by atoms with E-state index in [2.05, 4.69) is 50.3 Å². The number of rotatable bonds is 7. The van der Waals surface area contributed by atoms with Gasteiger partial charge in [-0.2, -0.15) is 0 Å². The molecule has 0 unspecified atom stereocenters. The highest BCUT2D eigenvalue weighted by molar-refractivity contribution is 5.83. The van der Waals surface area contributed by atoms with Gasteiger partial charge in [-0.3, -0.25) is 9.79 Å². The molecule has 2 rings (SSSR count). The van der Waals surface area contributed by atoms with E-state index in [1.807, 2.05) is 33.8 Å². The minimum Gasteiger partial charge on any atom is -0.361 e. The number of nitrogens with one attached hydrogen (secondary N) is 4. The Labute approximate surface area is 155 Å². The summed E-state index contributed by atoms with van der Waals surface area (Å²) in [6.07, 6.45) is 2.93. The number of carbonyl (C=O) groups is 1. The molecule has 0 radical (unpaired) electrons. The summed E-state index contributed by atoms with van der Waals surface area (Å²) in [5, 5.41) is 10.7. The number of guanidine groups is 1. The highest BCUT2D eigenvalue weighted by Gasteiger charge is 2.20. The lowest BCUT2D eigenvalue weighted by Crippen LogP contribution is -2.43. The largest absolute Gasteiger partial charge is 0.361 e. The summed E-state index contributed by atoms with van der Waals surface area (Å²) >= 11 is 0. The molecule has 0 atom stereocenters. The van der Waals surface area contributed by atoms with E-state index in [4.69, 9.17) is 0 Å². The number of hydrogen-bond acceptors (Lipinski definition) is 2. The van der Waals surface area contributed by atoms with E-state index >= 15 is 0 Å². The van der Waals surface area contributed by atoms with Gasteiger partial charge >= 0.3 is 0 Å². The van der Waals surface area contributed by atoms with Crippen LogP contribution in [-0.2, 0) is 11.2 Å². The van der Waals surface area contributed by atoms with Gasteiger partial charge in [-0.1, -0.05) is 39.0 Å². The molecule has 2 aromatic rings. The monoisotopic (exact) mass is 357 g/mol. The Balaban J connectivity index is 1.81. The summed E-state index contributed by atoms with van der Waals surface area (Å²) < 4.78 is 0. The number of aromatic amines is 1. The highest BCUT2D eigenvalue weighted by Crippen LogP contribution is 2.17. The molecular weight excluding hydrogens is 326 g/mol. The Kier molecular flexibility index (Phi) is 7.06. The molecular formula is C20H31N5O. The van der Waals surface area contributed by atoms with Crippen molar-refractivity contribution in [3.8, 4) is 0 Å². The number of aliphatic imine (C=N–C) groups is 1. The zero-order valence-electron chi connectivity index (χ0n) is 16.3. The van der Waals surface area contributed by atoms with Gasteiger partial charge in [0.15, 0.2) is 5.96 Å². The van der Waals surface area contributed by atoms with Crippen molar-refractivity contribution in [3.05, 3.63) is 36.0 Å². The predicted octanol–water partition coefficient (Wildman–Crippen LogP) is 2.43. The van der Waals surface area contributed by atoms with Gasteiger partial charge in [0.2, 0.25) is 5.91 Å². The van der Waals surface area contributed by atoms with E-state index in [0.717, 1.165) is 24.4 Å². The van der Waals surface area contributed by atoms with Crippen molar-refractivity contribution in [2.45, 2.75) is 34.1 Å². The van der Waals surface area contributed by atoms with E-state index in [0.29, 0.717) is 19.6 Å². The quantitative estimate of drug-likeness (QED) is 0.349. The summed E-state index contributed by atoms with van der Waals surface area (Å²) in [7, 11) is 0. The van der Waals surface area contributed by atoms with E-state index in [1.165, 1.54) is 10.9 Å². The van der Waals surface area contributed by atoms with Crippen LogP contribution in [0, 0.1) is 5.41 Å². The van der Waals surface area contributed by atoms with Gasteiger partial charge in [0.1, 0.15) is 0 Å². The first kappa shape index (κ1) is 19.8. The Morgan fingerprint density at radius 1 is 1.12 bits per heavy atom. The van der Waals surface area contributed by atoms with Crippen LogP contribution in [0.4, 0.5) is 0 Å². The molecule has 142 valence electrons. The molecule has 0 saturated heterocycles. The number of fused-ring (bicyclic) bond motifs is 1. The number of nitrogens with zero attached hydrogens (tertiary/aromatic N) is 1. The third-order valence-corrected chi connectivity index (χ3v) is 4.05. The van der Waals surface area contributed by atoms with Crippen molar-refractivity contribution in [3.63, 3.8) is 0 Å². The molecule has 6 heteroatoms. The van der Waals surface area contributed by atoms with Crippen LogP contribution < -0.4 is 16.0 Å². The molecule has 1 amide bonds. The third kappa shape index (κ3) is 5.79. The van der Waals surface area contributed by atoms with Crippen LogP contribution in [0.1, 0.15) is 33.3 Å². The van der Waals surface area contributed by atoms with Crippen LogP contribution in [0.25, 0.3) is 10.9 Å². The lowest BCUT2D eigenvalue weighted by atomic mass is 9.96. The fourth-order valence-corrected chi connectivity index (χ4v) is 2.59. The molecule has 0 aliphatic carbocycles. The molecule has 0 saturated carbocycles. The van der Waals surface area contributed by atoms with Crippen molar-refractivity contribution in [1.82, 2.24) is 20.9 Å². The first-order valence-electron chi connectivity index (χ1n) is 9.27. The maximum absolute atomic E-state index is 11.9. The summed E-state index contributed by atoms with van der Waals surface area (Å²) in [6.45, 7) is 10.5. The maximum Gasteiger partial charge on any atom is 0.225 e. The van der Waals surface area contributed by atoms with Crippen LogP contribution in [0.5, 0.6) is 0 Å². The van der Waals surface area contributed by atoms with Gasteiger partial charge in [-0.15, -0.1) is 0 Å². The topological polar surface area (TPSA) is 81.3 Å². The van der Waals surface area contributed by atoms with Crippen molar-refractivity contribution in [2.24, 2.45) is 10.4 Å². The molecule has 0 fully saturated rings. The van der Waals surface area contributed by atoms with Crippen LogP contribution >= 0.6 is 0 Å². The molecule has 1 aromatic heterocycles.